The molecule has 22 heavy (non-hydrogen) atoms. The van der Waals surface area contributed by atoms with Gasteiger partial charge in [-0.3, -0.25) is 9.69 Å². The quantitative estimate of drug-likeness (QED) is 0.892. The maximum absolute atomic E-state index is 12.7. The molecule has 0 unspecified atom stereocenters. The topological polar surface area (TPSA) is 52.6 Å². The average Bonchev–Trinajstić information content (AvgIpc) is 2.40. The summed E-state index contributed by atoms with van der Waals surface area (Å²) >= 11 is 5.80. The minimum absolute atomic E-state index is 0.0129. The first-order valence-electron chi connectivity index (χ1n) is 6.76. The third-order valence-corrected chi connectivity index (χ3v) is 3.92. The van der Waals surface area contributed by atoms with E-state index < -0.39 is 24.6 Å². The second-order valence-corrected chi connectivity index (χ2v) is 5.80. The summed E-state index contributed by atoms with van der Waals surface area (Å²) in [6, 6.07) is 6.60. The zero-order chi connectivity index (χ0) is 16.4. The molecule has 0 spiro atoms. The van der Waals surface area contributed by atoms with Crippen molar-refractivity contribution in [3.63, 3.8) is 0 Å². The summed E-state index contributed by atoms with van der Waals surface area (Å²) in [5.74, 6) is -0.334. The Balaban J connectivity index is 1.85. The van der Waals surface area contributed by atoms with Gasteiger partial charge < -0.3 is 10.4 Å². The van der Waals surface area contributed by atoms with Gasteiger partial charge in [0.25, 0.3) is 0 Å². The van der Waals surface area contributed by atoms with Crippen LogP contribution < -0.4 is 5.32 Å². The number of anilines is 1. The van der Waals surface area contributed by atoms with Crippen molar-refractivity contribution in [1.29, 1.82) is 0 Å². The van der Waals surface area contributed by atoms with Gasteiger partial charge in [-0.15, -0.1) is 0 Å². The Labute approximate surface area is 130 Å². The summed E-state index contributed by atoms with van der Waals surface area (Å²) in [4.78, 5) is 13.5. The smallest absolute Gasteiger partial charge is 0.380 e. The number of piperidine rings is 1. The van der Waals surface area contributed by atoms with Gasteiger partial charge in [-0.05, 0) is 31.0 Å². The van der Waals surface area contributed by atoms with E-state index in [0.29, 0.717) is 10.7 Å². The number of hydrogen-bond donors (Lipinski definition) is 2. The number of likely N-dealkylation sites (tertiary alicyclic amines) is 1. The third kappa shape index (κ3) is 4.12. The number of nitrogens with one attached hydrogen (secondary N) is 1. The highest BCUT2D eigenvalue weighted by atomic mass is 35.5. The maximum atomic E-state index is 12.7. The predicted molar refractivity (Wildman–Crippen MR) is 76.8 cm³/mol. The number of halogens is 4. The van der Waals surface area contributed by atoms with E-state index in [1.165, 1.54) is 0 Å². The van der Waals surface area contributed by atoms with Crippen LogP contribution in [0.3, 0.4) is 0 Å². The third-order valence-electron chi connectivity index (χ3n) is 3.69. The lowest BCUT2D eigenvalue weighted by molar-refractivity contribution is -0.272. The molecule has 8 heteroatoms. The van der Waals surface area contributed by atoms with Gasteiger partial charge in [-0.25, -0.2) is 0 Å². The molecule has 1 fully saturated rings. The number of amides is 1. The van der Waals surface area contributed by atoms with Crippen LogP contribution in [0.25, 0.3) is 0 Å². The van der Waals surface area contributed by atoms with Gasteiger partial charge in [0, 0.05) is 23.8 Å². The van der Waals surface area contributed by atoms with Gasteiger partial charge >= 0.3 is 6.18 Å². The Hall–Kier alpha value is -1.31. The molecule has 4 nitrogen and oxygen atoms in total. The maximum Gasteiger partial charge on any atom is 0.417 e. The Morgan fingerprint density at radius 3 is 2.55 bits per heavy atom. The zero-order valence-corrected chi connectivity index (χ0v) is 12.4. The summed E-state index contributed by atoms with van der Waals surface area (Å²) in [5, 5.41) is 12.7. The number of benzene rings is 1. The van der Waals surface area contributed by atoms with Crippen LogP contribution in [0.1, 0.15) is 12.8 Å². The summed E-state index contributed by atoms with van der Waals surface area (Å²) in [6.45, 7) is -0.00159. The summed E-state index contributed by atoms with van der Waals surface area (Å²) in [6.07, 6.45) is -5.50. The van der Waals surface area contributed by atoms with Gasteiger partial charge in [-0.2, -0.15) is 13.2 Å². The van der Waals surface area contributed by atoms with E-state index in [1.54, 1.807) is 29.2 Å². The molecule has 1 aromatic carbocycles. The van der Waals surface area contributed by atoms with Gasteiger partial charge in [0.05, 0.1) is 6.54 Å². The SMILES string of the molecule is O=C(CN1CCC(O)(C(F)(F)F)CC1)Nc1cccc(Cl)c1. The van der Waals surface area contributed by atoms with Gasteiger partial charge in [-0.1, -0.05) is 17.7 Å². The first-order chi connectivity index (χ1) is 10.2. The van der Waals surface area contributed by atoms with Crippen LogP contribution >= 0.6 is 11.6 Å². The monoisotopic (exact) mass is 336 g/mol. The highest BCUT2D eigenvalue weighted by Crippen LogP contribution is 2.38. The van der Waals surface area contributed by atoms with Crippen molar-refractivity contribution in [2.75, 3.05) is 25.0 Å². The number of carbonyl (C=O) groups is 1. The van der Waals surface area contributed by atoms with Gasteiger partial charge in [0.1, 0.15) is 0 Å². The number of nitrogens with zero attached hydrogens (tertiary/aromatic N) is 1. The first-order valence-corrected chi connectivity index (χ1v) is 7.14. The van der Waals surface area contributed by atoms with Crippen LogP contribution in [0.2, 0.25) is 5.02 Å². The van der Waals surface area contributed by atoms with Crippen LogP contribution in [-0.4, -0.2) is 47.3 Å². The molecule has 122 valence electrons. The molecule has 1 amide bonds. The van der Waals surface area contributed by atoms with Crippen molar-refractivity contribution >= 4 is 23.2 Å². The molecule has 0 bridgehead atoms. The predicted octanol–water partition coefficient (Wildman–Crippen LogP) is 2.67. The number of hydrogen-bond acceptors (Lipinski definition) is 3. The lowest BCUT2D eigenvalue weighted by atomic mass is 9.91. The highest BCUT2D eigenvalue weighted by molar-refractivity contribution is 6.30. The zero-order valence-electron chi connectivity index (χ0n) is 11.7. The standard InChI is InChI=1S/C14H16ClF3N2O2/c15-10-2-1-3-11(8-10)19-12(21)9-20-6-4-13(22,5-7-20)14(16,17)18/h1-3,8,22H,4-7,9H2,(H,19,21). The fourth-order valence-corrected chi connectivity index (χ4v) is 2.52. The molecule has 0 atom stereocenters. The van der Waals surface area contributed by atoms with E-state index >= 15 is 0 Å². The second kappa shape index (κ2) is 6.44. The highest BCUT2D eigenvalue weighted by Gasteiger charge is 2.54. The normalized spacial score (nSPS) is 19.0. The molecule has 2 N–H and O–H groups in total. The fraction of sp³-hybridized carbons (Fsp3) is 0.500. The number of rotatable bonds is 3. The van der Waals surface area contributed by atoms with Crippen molar-refractivity contribution in [2.45, 2.75) is 24.6 Å². The largest absolute Gasteiger partial charge is 0.417 e. The van der Waals surface area contributed by atoms with Crippen LogP contribution in [0, 0.1) is 0 Å². The van der Waals surface area contributed by atoms with Crippen LogP contribution in [0.15, 0.2) is 24.3 Å². The van der Waals surface area contributed by atoms with E-state index in [1.807, 2.05) is 0 Å². The molecular formula is C14H16ClF3N2O2. The minimum atomic E-state index is -4.64. The molecule has 1 saturated heterocycles. The molecule has 0 aromatic heterocycles. The second-order valence-electron chi connectivity index (χ2n) is 5.36. The molecular weight excluding hydrogens is 321 g/mol. The van der Waals surface area contributed by atoms with Crippen molar-refractivity contribution in [2.24, 2.45) is 0 Å². The molecule has 1 aromatic rings. The molecule has 0 radical (unpaired) electrons. The van der Waals surface area contributed by atoms with E-state index in [0.717, 1.165) is 0 Å². The molecule has 0 saturated carbocycles. The van der Waals surface area contributed by atoms with E-state index in [9.17, 15) is 23.1 Å². The van der Waals surface area contributed by atoms with E-state index in [4.69, 9.17) is 11.6 Å². The van der Waals surface area contributed by atoms with Crippen LogP contribution in [-0.2, 0) is 4.79 Å². The Bertz CT molecular complexity index is 543. The first kappa shape index (κ1) is 17.1. The molecule has 1 aliphatic heterocycles. The summed E-state index contributed by atoms with van der Waals surface area (Å²) in [5.41, 5.74) is -2.12. The van der Waals surface area contributed by atoms with Crippen molar-refractivity contribution in [1.82, 2.24) is 4.90 Å². The summed E-state index contributed by atoms with van der Waals surface area (Å²) < 4.78 is 38.0. The average molecular weight is 337 g/mol. The molecule has 0 aliphatic carbocycles. The Morgan fingerprint density at radius 1 is 1.36 bits per heavy atom. The summed E-state index contributed by atoms with van der Waals surface area (Å²) in [7, 11) is 0. The van der Waals surface area contributed by atoms with E-state index in [-0.39, 0.29) is 25.5 Å². The molecule has 2 rings (SSSR count). The van der Waals surface area contributed by atoms with Crippen molar-refractivity contribution < 1.29 is 23.1 Å². The van der Waals surface area contributed by atoms with Crippen molar-refractivity contribution in [3.8, 4) is 0 Å². The Morgan fingerprint density at radius 2 is 2.00 bits per heavy atom. The van der Waals surface area contributed by atoms with Gasteiger partial charge in [0.2, 0.25) is 5.91 Å². The lowest BCUT2D eigenvalue weighted by Crippen LogP contribution is -2.54. The van der Waals surface area contributed by atoms with Gasteiger partial charge in [0.15, 0.2) is 5.60 Å². The van der Waals surface area contributed by atoms with E-state index in [2.05, 4.69) is 5.32 Å². The minimum Gasteiger partial charge on any atom is -0.380 e. The molecule has 1 heterocycles. The van der Waals surface area contributed by atoms with Crippen LogP contribution in [0.5, 0.6) is 0 Å². The van der Waals surface area contributed by atoms with Crippen molar-refractivity contribution in [3.05, 3.63) is 29.3 Å². The number of carbonyl (C=O) groups excluding carboxylic acids is 1. The number of alkyl halides is 3. The Kier molecular flexibility index (Phi) is 4.99. The lowest BCUT2D eigenvalue weighted by Gasteiger charge is -2.38. The molecule has 1 aliphatic rings. The fourth-order valence-electron chi connectivity index (χ4n) is 2.33. The number of aliphatic hydroxyl groups is 1. The van der Waals surface area contributed by atoms with Crippen LogP contribution in [0.4, 0.5) is 18.9 Å².